The Morgan fingerprint density at radius 3 is 2.50 bits per heavy atom. The molecule has 1 rings (SSSR count). The molecule has 0 saturated heterocycles. The summed E-state index contributed by atoms with van der Waals surface area (Å²) in [5, 5.41) is 11.4. The Balaban J connectivity index is 2.73. The first-order chi connectivity index (χ1) is 9.33. The van der Waals surface area contributed by atoms with Crippen molar-refractivity contribution in [1.82, 2.24) is 0 Å². The molecule has 0 aliphatic heterocycles. The molecule has 20 heavy (non-hydrogen) atoms. The van der Waals surface area contributed by atoms with Crippen LogP contribution >= 0.6 is 31.9 Å². The Kier molecular flexibility index (Phi) is 6.48. The maximum Gasteiger partial charge on any atom is 0.303 e. The van der Waals surface area contributed by atoms with E-state index in [-0.39, 0.29) is 24.7 Å². The van der Waals surface area contributed by atoms with Gasteiger partial charge in [0.15, 0.2) is 0 Å². The minimum atomic E-state index is -0.906. The molecule has 1 amide bonds. The first kappa shape index (κ1) is 17.0. The van der Waals surface area contributed by atoms with Gasteiger partial charge in [-0.3, -0.25) is 9.59 Å². The smallest absolute Gasteiger partial charge is 0.303 e. The van der Waals surface area contributed by atoms with Crippen LogP contribution in [-0.2, 0) is 9.59 Å². The average molecular weight is 409 g/mol. The van der Waals surface area contributed by atoms with Crippen molar-refractivity contribution in [2.24, 2.45) is 5.92 Å². The Morgan fingerprint density at radius 1 is 1.30 bits per heavy atom. The maximum absolute atomic E-state index is 11.9. The van der Waals surface area contributed by atoms with Crippen molar-refractivity contribution in [3.8, 4) is 5.75 Å². The minimum Gasteiger partial charge on any atom is -0.495 e. The number of rotatable bonds is 6. The van der Waals surface area contributed by atoms with E-state index in [2.05, 4.69) is 37.2 Å². The van der Waals surface area contributed by atoms with Gasteiger partial charge in [-0.05, 0) is 43.8 Å². The number of amides is 1. The molecule has 7 heteroatoms. The molecule has 5 nitrogen and oxygen atoms in total. The summed E-state index contributed by atoms with van der Waals surface area (Å²) in [5.41, 5.74) is 0.581. The fourth-order valence-electron chi connectivity index (χ4n) is 1.67. The Bertz CT molecular complexity index is 519. The van der Waals surface area contributed by atoms with Crippen molar-refractivity contribution in [3.05, 3.63) is 21.1 Å². The SMILES string of the molecule is COc1cc(NC(=O)CC(C)CC(=O)O)c(Br)cc1Br. The number of halogens is 2. The third-order valence-corrected chi connectivity index (χ3v) is 3.85. The zero-order valence-corrected chi connectivity index (χ0v) is 14.2. The molecule has 0 aromatic heterocycles. The predicted octanol–water partition coefficient (Wildman–Crippen LogP) is 3.66. The third-order valence-electron chi connectivity index (χ3n) is 2.57. The number of aliphatic carboxylic acids is 1. The second-order valence-electron chi connectivity index (χ2n) is 4.42. The predicted molar refractivity (Wildman–Crippen MR) is 83.1 cm³/mol. The highest BCUT2D eigenvalue weighted by molar-refractivity contribution is 9.11. The largest absolute Gasteiger partial charge is 0.495 e. The summed E-state index contributed by atoms with van der Waals surface area (Å²) in [4.78, 5) is 22.4. The molecule has 0 bridgehead atoms. The average Bonchev–Trinajstić information content (AvgIpc) is 2.31. The van der Waals surface area contributed by atoms with Crippen molar-refractivity contribution in [2.45, 2.75) is 19.8 Å². The molecular formula is C13H15Br2NO4. The van der Waals surface area contributed by atoms with Gasteiger partial charge in [0.1, 0.15) is 5.75 Å². The van der Waals surface area contributed by atoms with Crippen LogP contribution in [0.3, 0.4) is 0 Å². The van der Waals surface area contributed by atoms with Crippen LogP contribution in [0.4, 0.5) is 5.69 Å². The third kappa shape index (κ3) is 5.13. The number of methoxy groups -OCH3 is 1. The number of hydrogen-bond acceptors (Lipinski definition) is 3. The van der Waals surface area contributed by atoms with Gasteiger partial charge in [0, 0.05) is 23.4 Å². The van der Waals surface area contributed by atoms with Gasteiger partial charge in [0.25, 0.3) is 0 Å². The van der Waals surface area contributed by atoms with Gasteiger partial charge in [0.2, 0.25) is 5.91 Å². The van der Waals surface area contributed by atoms with Gasteiger partial charge in [0.05, 0.1) is 17.3 Å². The van der Waals surface area contributed by atoms with E-state index in [1.807, 2.05) is 0 Å². The van der Waals surface area contributed by atoms with E-state index in [4.69, 9.17) is 9.84 Å². The zero-order valence-electron chi connectivity index (χ0n) is 11.1. The molecular weight excluding hydrogens is 394 g/mol. The van der Waals surface area contributed by atoms with Crippen LogP contribution in [0.1, 0.15) is 19.8 Å². The molecule has 110 valence electrons. The number of ether oxygens (including phenoxy) is 1. The van der Waals surface area contributed by atoms with E-state index < -0.39 is 5.97 Å². The van der Waals surface area contributed by atoms with E-state index in [0.29, 0.717) is 15.9 Å². The summed E-state index contributed by atoms with van der Waals surface area (Å²) in [5.74, 6) is -0.758. The lowest BCUT2D eigenvalue weighted by atomic mass is 10.0. The van der Waals surface area contributed by atoms with Gasteiger partial charge >= 0.3 is 5.97 Å². The van der Waals surface area contributed by atoms with Gasteiger partial charge in [-0.2, -0.15) is 0 Å². The molecule has 1 unspecified atom stereocenters. The van der Waals surface area contributed by atoms with Crippen molar-refractivity contribution in [3.63, 3.8) is 0 Å². The summed E-state index contributed by atoms with van der Waals surface area (Å²) in [6, 6.07) is 3.46. The van der Waals surface area contributed by atoms with E-state index in [0.717, 1.165) is 4.47 Å². The highest BCUT2D eigenvalue weighted by Crippen LogP contribution is 2.34. The number of anilines is 1. The second-order valence-corrected chi connectivity index (χ2v) is 6.13. The molecule has 0 saturated carbocycles. The highest BCUT2D eigenvalue weighted by Gasteiger charge is 2.15. The summed E-state index contributed by atoms with van der Waals surface area (Å²) in [6.45, 7) is 1.73. The van der Waals surface area contributed by atoms with E-state index in [1.54, 1.807) is 19.1 Å². The number of nitrogens with one attached hydrogen (secondary N) is 1. The zero-order chi connectivity index (χ0) is 15.3. The van der Waals surface area contributed by atoms with Crippen LogP contribution in [0, 0.1) is 5.92 Å². The number of hydrogen-bond donors (Lipinski definition) is 2. The van der Waals surface area contributed by atoms with Crippen molar-refractivity contribution < 1.29 is 19.4 Å². The van der Waals surface area contributed by atoms with Crippen molar-refractivity contribution in [1.29, 1.82) is 0 Å². The molecule has 1 atom stereocenters. The number of benzene rings is 1. The molecule has 0 spiro atoms. The first-order valence-electron chi connectivity index (χ1n) is 5.88. The molecule has 0 heterocycles. The maximum atomic E-state index is 11.9. The molecule has 0 radical (unpaired) electrons. The van der Waals surface area contributed by atoms with Gasteiger partial charge < -0.3 is 15.2 Å². The van der Waals surface area contributed by atoms with E-state index in [9.17, 15) is 9.59 Å². The molecule has 0 aliphatic rings. The molecule has 1 aromatic rings. The second kappa shape index (κ2) is 7.64. The quantitative estimate of drug-likeness (QED) is 0.753. The lowest BCUT2D eigenvalue weighted by molar-refractivity contribution is -0.138. The normalized spacial score (nSPS) is 11.8. The van der Waals surface area contributed by atoms with Crippen molar-refractivity contribution >= 4 is 49.4 Å². The van der Waals surface area contributed by atoms with Crippen LogP contribution in [0.25, 0.3) is 0 Å². The number of carboxylic acid groups (broad SMARTS) is 1. The fraction of sp³-hybridized carbons (Fsp3) is 0.385. The lowest BCUT2D eigenvalue weighted by Gasteiger charge is -2.12. The van der Waals surface area contributed by atoms with Gasteiger partial charge in [-0.25, -0.2) is 0 Å². The monoisotopic (exact) mass is 407 g/mol. The van der Waals surface area contributed by atoms with Gasteiger partial charge in [-0.1, -0.05) is 6.92 Å². The molecule has 1 aromatic carbocycles. The van der Waals surface area contributed by atoms with E-state index >= 15 is 0 Å². The Hall–Kier alpha value is -1.08. The number of carbonyl (C=O) groups is 2. The lowest BCUT2D eigenvalue weighted by Crippen LogP contribution is -2.17. The van der Waals surface area contributed by atoms with Crippen molar-refractivity contribution in [2.75, 3.05) is 12.4 Å². The van der Waals surface area contributed by atoms with Gasteiger partial charge in [-0.15, -0.1) is 0 Å². The molecule has 0 fully saturated rings. The van der Waals surface area contributed by atoms with Crippen LogP contribution in [0.2, 0.25) is 0 Å². The summed E-state index contributed by atoms with van der Waals surface area (Å²) in [6.07, 6.45) is 0.120. The standard InChI is InChI=1S/C13H15Br2NO4/c1-7(4-13(18)19)3-12(17)16-10-6-11(20-2)9(15)5-8(10)14/h5-7H,3-4H2,1-2H3,(H,16,17)(H,18,19). The van der Waals surface area contributed by atoms with Crippen LogP contribution in [0.5, 0.6) is 5.75 Å². The summed E-state index contributed by atoms with van der Waals surface area (Å²) in [7, 11) is 1.54. The van der Waals surface area contributed by atoms with E-state index in [1.165, 1.54) is 7.11 Å². The highest BCUT2D eigenvalue weighted by atomic mass is 79.9. The van der Waals surface area contributed by atoms with Crippen LogP contribution in [0.15, 0.2) is 21.1 Å². The number of carbonyl (C=O) groups excluding carboxylic acids is 1. The molecule has 2 N–H and O–H groups in total. The first-order valence-corrected chi connectivity index (χ1v) is 7.46. The minimum absolute atomic E-state index is 0.0295. The number of carboxylic acids is 1. The Labute approximate surface area is 134 Å². The summed E-state index contributed by atoms with van der Waals surface area (Å²) >= 11 is 6.69. The van der Waals surface area contributed by atoms with Crippen LogP contribution < -0.4 is 10.1 Å². The van der Waals surface area contributed by atoms with Crippen LogP contribution in [-0.4, -0.2) is 24.1 Å². The summed E-state index contributed by atoms with van der Waals surface area (Å²) < 4.78 is 6.64. The Morgan fingerprint density at radius 2 is 1.95 bits per heavy atom. The molecule has 0 aliphatic carbocycles. The fourth-order valence-corrected chi connectivity index (χ4v) is 2.92. The topological polar surface area (TPSA) is 75.6 Å².